The molecule has 1 saturated heterocycles. The summed E-state index contributed by atoms with van der Waals surface area (Å²) in [4.78, 5) is 16.5. The Morgan fingerprint density at radius 1 is 0.939 bits per heavy atom. The van der Waals surface area contributed by atoms with Crippen molar-refractivity contribution in [1.29, 1.82) is 0 Å². The van der Waals surface area contributed by atoms with E-state index >= 15 is 0 Å². The van der Waals surface area contributed by atoms with E-state index < -0.39 is 5.41 Å². The molecule has 1 atom stereocenters. The number of carbonyl (C=O) groups excluding carboxylic acids is 1. The first kappa shape index (κ1) is 20.5. The van der Waals surface area contributed by atoms with Crippen LogP contribution in [0.15, 0.2) is 66.7 Å². The summed E-state index contributed by atoms with van der Waals surface area (Å²) < 4.78 is 11.0. The van der Waals surface area contributed by atoms with E-state index in [-0.39, 0.29) is 0 Å². The van der Waals surface area contributed by atoms with Crippen molar-refractivity contribution >= 4 is 5.78 Å². The molecule has 0 saturated carbocycles. The summed E-state index contributed by atoms with van der Waals surface area (Å²) in [7, 11) is 0. The number of Topliss-reactive ketones (excluding diaryl/α,β-unsaturated/α-hetero) is 1. The van der Waals surface area contributed by atoms with Gasteiger partial charge >= 0.3 is 0 Å². The molecule has 3 aliphatic rings. The minimum Gasteiger partial charge on any atom is -0.454 e. The molecule has 1 unspecified atom stereocenters. The van der Waals surface area contributed by atoms with Crippen LogP contribution in [-0.4, -0.2) is 30.6 Å². The summed E-state index contributed by atoms with van der Waals surface area (Å²) in [6, 6.07) is 23.1. The van der Waals surface area contributed by atoms with Gasteiger partial charge < -0.3 is 9.47 Å². The molecule has 2 aliphatic heterocycles. The molecule has 3 aromatic rings. The van der Waals surface area contributed by atoms with Crippen LogP contribution in [0.5, 0.6) is 11.5 Å². The first-order chi connectivity index (χ1) is 16.1. The standard InChI is InChI=1S/C29H29NO3/c1-20-5-4-7-24(15-20)29(17-22-6-2-3-8-25(22)28(29)31)23-11-13-30(14-12-23)18-21-9-10-26-27(16-21)33-19-32-26/h2-10,15-16,23H,11-14,17-19H2,1H3. The normalized spacial score (nSPS) is 22.5. The number of carbonyl (C=O) groups is 1. The van der Waals surface area contributed by atoms with Crippen molar-refractivity contribution in [2.45, 2.75) is 38.1 Å². The third-order valence-electron chi connectivity index (χ3n) is 7.80. The summed E-state index contributed by atoms with van der Waals surface area (Å²) in [5.74, 6) is 2.33. The van der Waals surface area contributed by atoms with E-state index in [4.69, 9.17) is 9.47 Å². The Morgan fingerprint density at radius 3 is 2.58 bits per heavy atom. The minimum atomic E-state index is -0.444. The number of likely N-dealkylation sites (tertiary alicyclic amines) is 1. The summed E-state index contributed by atoms with van der Waals surface area (Å²) in [5, 5.41) is 0. The molecule has 3 aromatic carbocycles. The van der Waals surface area contributed by atoms with Crippen LogP contribution in [0.3, 0.4) is 0 Å². The second-order valence-electron chi connectivity index (χ2n) is 9.74. The summed E-state index contributed by atoms with van der Waals surface area (Å²) in [6.07, 6.45) is 2.87. The zero-order chi connectivity index (χ0) is 22.4. The first-order valence-electron chi connectivity index (χ1n) is 11.9. The third-order valence-corrected chi connectivity index (χ3v) is 7.80. The van der Waals surface area contributed by atoms with Gasteiger partial charge in [-0.2, -0.15) is 0 Å². The number of piperidine rings is 1. The zero-order valence-corrected chi connectivity index (χ0v) is 19.0. The van der Waals surface area contributed by atoms with E-state index in [1.165, 1.54) is 22.3 Å². The number of benzene rings is 3. The molecule has 6 rings (SSSR count). The van der Waals surface area contributed by atoms with E-state index in [1.54, 1.807) is 0 Å². The topological polar surface area (TPSA) is 38.8 Å². The molecule has 0 bridgehead atoms. The molecule has 4 nitrogen and oxygen atoms in total. The Hall–Kier alpha value is -3.11. The molecule has 0 amide bonds. The fourth-order valence-electron chi connectivity index (χ4n) is 6.12. The van der Waals surface area contributed by atoms with Crippen molar-refractivity contribution in [3.8, 4) is 11.5 Å². The van der Waals surface area contributed by atoms with Crippen LogP contribution in [0.4, 0.5) is 0 Å². The number of fused-ring (bicyclic) bond motifs is 2. The van der Waals surface area contributed by atoms with Crippen molar-refractivity contribution in [1.82, 2.24) is 4.90 Å². The van der Waals surface area contributed by atoms with Gasteiger partial charge in [0.25, 0.3) is 0 Å². The number of hydrogen-bond acceptors (Lipinski definition) is 4. The van der Waals surface area contributed by atoms with Crippen LogP contribution in [0.25, 0.3) is 0 Å². The highest BCUT2D eigenvalue weighted by molar-refractivity contribution is 6.08. The van der Waals surface area contributed by atoms with Gasteiger partial charge in [0.15, 0.2) is 17.3 Å². The lowest BCUT2D eigenvalue weighted by atomic mass is 9.64. The summed E-state index contributed by atoms with van der Waals surface area (Å²) >= 11 is 0. The van der Waals surface area contributed by atoms with Gasteiger partial charge in [-0.05, 0) is 74.0 Å². The molecule has 0 radical (unpaired) electrons. The maximum absolute atomic E-state index is 14.0. The van der Waals surface area contributed by atoms with Crippen molar-refractivity contribution in [3.05, 3.63) is 94.5 Å². The second-order valence-corrected chi connectivity index (χ2v) is 9.74. The molecule has 1 fully saturated rings. The van der Waals surface area contributed by atoms with Crippen molar-refractivity contribution in [2.24, 2.45) is 5.92 Å². The van der Waals surface area contributed by atoms with Crippen LogP contribution in [0.2, 0.25) is 0 Å². The lowest BCUT2D eigenvalue weighted by molar-refractivity contribution is 0.0735. The quantitative estimate of drug-likeness (QED) is 0.552. The van der Waals surface area contributed by atoms with Gasteiger partial charge in [0, 0.05) is 12.1 Å². The van der Waals surface area contributed by atoms with E-state index in [1.807, 2.05) is 18.2 Å². The van der Waals surface area contributed by atoms with Crippen molar-refractivity contribution in [3.63, 3.8) is 0 Å². The van der Waals surface area contributed by atoms with Gasteiger partial charge in [-0.25, -0.2) is 0 Å². The van der Waals surface area contributed by atoms with Gasteiger partial charge in [-0.15, -0.1) is 0 Å². The number of nitrogens with zero attached hydrogens (tertiary/aromatic N) is 1. The second kappa shape index (κ2) is 8.03. The van der Waals surface area contributed by atoms with Crippen LogP contribution < -0.4 is 9.47 Å². The number of aryl methyl sites for hydroxylation is 1. The Labute approximate surface area is 195 Å². The molecule has 0 spiro atoms. The average molecular weight is 440 g/mol. The molecular weight excluding hydrogens is 410 g/mol. The summed E-state index contributed by atoms with van der Waals surface area (Å²) in [6.45, 7) is 5.32. The van der Waals surface area contributed by atoms with Crippen LogP contribution in [-0.2, 0) is 18.4 Å². The van der Waals surface area contributed by atoms with Crippen LogP contribution >= 0.6 is 0 Å². The Bertz CT molecular complexity index is 1210. The predicted octanol–water partition coefficient (Wildman–Crippen LogP) is 5.31. The lowest BCUT2D eigenvalue weighted by Crippen LogP contribution is -2.47. The highest BCUT2D eigenvalue weighted by atomic mass is 16.7. The van der Waals surface area contributed by atoms with Crippen molar-refractivity contribution in [2.75, 3.05) is 19.9 Å². The number of ether oxygens (including phenoxy) is 2. The predicted molar refractivity (Wildman–Crippen MR) is 128 cm³/mol. The van der Waals surface area contributed by atoms with Gasteiger partial charge in [0.05, 0.1) is 5.41 Å². The number of rotatable bonds is 4. The van der Waals surface area contributed by atoms with Crippen LogP contribution in [0, 0.1) is 12.8 Å². The van der Waals surface area contributed by atoms with E-state index in [0.717, 1.165) is 56.0 Å². The molecular formula is C29H29NO3. The SMILES string of the molecule is Cc1cccc(C2(C3CCN(Cc4ccc5c(c4)OCO5)CC3)Cc3ccccc3C2=O)c1. The highest BCUT2D eigenvalue weighted by Crippen LogP contribution is 2.48. The van der Waals surface area contributed by atoms with E-state index in [9.17, 15) is 4.79 Å². The molecule has 2 heterocycles. The van der Waals surface area contributed by atoms with Crippen LogP contribution in [0.1, 0.15) is 45.5 Å². The number of ketones is 1. The fourth-order valence-corrected chi connectivity index (χ4v) is 6.12. The Kier molecular flexibility index (Phi) is 4.99. The third kappa shape index (κ3) is 3.44. The molecule has 168 valence electrons. The van der Waals surface area contributed by atoms with Gasteiger partial charge in [-0.3, -0.25) is 9.69 Å². The molecule has 4 heteroatoms. The van der Waals surface area contributed by atoms with E-state index in [0.29, 0.717) is 18.5 Å². The van der Waals surface area contributed by atoms with Gasteiger partial charge in [0.1, 0.15) is 0 Å². The van der Waals surface area contributed by atoms with E-state index in [2.05, 4.69) is 60.4 Å². The van der Waals surface area contributed by atoms with Gasteiger partial charge in [0.2, 0.25) is 6.79 Å². The van der Waals surface area contributed by atoms with Gasteiger partial charge in [-0.1, -0.05) is 60.2 Å². The first-order valence-corrected chi connectivity index (χ1v) is 11.9. The maximum atomic E-state index is 14.0. The highest BCUT2D eigenvalue weighted by Gasteiger charge is 2.52. The molecule has 33 heavy (non-hydrogen) atoms. The number of hydrogen-bond donors (Lipinski definition) is 0. The molecule has 0 aromatic heterocycles. The molecule has 1 aliphatic carbocycles. The smallest absolute Gasteiger partial charge is 0.231 e. The zero-order valence-electron chi connectivity index (χ0n) is 19.0. The fraction of sp³-hybridized carbons (Fsp3) is 0.345. The minimum absolute atomic E-state index is 0.307. The molecule has 0 N–H and O–H groups in total. The summed E-state index contributed by atoms with van der Waals surface area (Å²) in [5.41, 5.74) is 5.33. The monoisotopic (exact) mass is 439 g/mol. The Morgan fingerprint density at radius 2 is 1.76 bits per heavy atom. The van der Waals surface area contributed by atoms with Crippen molar-refractivity contribution < 1.29 is 14.3 Å². The maximum Gasteiger partial charge on any atom is 0.231 e. The average Bonchev–Trinajstić information content (AvgIpc) is 3.42. The lowest BCUT2D eigenvalue weighted by Gasteiger charge is -2.42. The largest absolute Gasteiger partial charge is 0.454 e. The Balaban J connectivity index is 1.25.